The van der Waals surface area contributed by atoms with E-state index in [1.165, 1.54) is 10.4 Å². The summed E-state index contributed by atoms with van der Waals surface area (Å²) < 4.78 is 6.02. The summed E-state index contributed by atoms with van der Waals surface area (Å²) in [6.45, 7) is 3.03. The summed E-state index contributed by atoms with van der Waals surface area (Å²) in [5.74, 6) is 0.892. The standard InChI is InChI=1S/C15H18ClNOS/c1-3-14(11-4-6-12(18-2)7-5-11)17-10-13-8-9-15(16)19-13/h4-9,14,17H,3,10H2,1-2H3. The Kier molecular flexibility index (Phi) is 5.25. The maximum Gasteiger partial charge on any atom is 0.118 e. The second-order valence-corrected chi connectivity index (χ2v) is 6.12. The summed E-state index contributed by atoms with van der Waals surface area (Å²) in [6.07, 6.45) is 1.05. The van der Waals surface area contributed by atoms with Gasteiger partial charge in [-0.05, 0) is 36.2 Å². The van der Waals surface area contributed by atoms with Crippen molar-refractivity contribution in [2.45, 2.75) is 25.9 Å². The van der Waals surface area contributed by atoms with Gasteiger partial charge in [0.25, 0.3) is 0 Å². The van der Waals surface area contributed by atoms with E-state index in [1.54, 1.807) is 18.4 Å². The van der Waals surface area contributed by atoms with Crippen molar-refractivity contribution in [3.63, 3.8) is 0 Å². The maximum absolute atomic E-state index is 5.94. The van der Waals surface area contributed by atoms with Gasteiger partial charge in [-0.2, -0.15) is 0 Å². The van der Waals surface area contributed by atoms with E-state index >= 15 is 0 Å². The van der Waals surface area contributed by atoms with Crippen molar-refractivity contribution in [3.8, 4) is 5.75 Å². The summed E-state index contributed by atoms with van der Waals surface area (Å²) in [7, 11) is 1.69. The number of methoxy groups -OCH3 is 1. The Morgan fingerprint density at radius 3 is 2.47 bits per heavy atom. The molecule has 0 amide bonds. The lowest BCUT2D eigenvalue weighted by molar-refractivity contribution is 0.414. The third-order valence-electron chi connectivity index (χ3n) is 3.08. The molecule has 0 aliphatic rings. The molecule has 19 heavy (non-hydrogen) atoms. The fourth-order valence-corrected chi connectivity index (χ4v) is 3.04. The average molecular weight is 296 g/mol. The summed E-state index contributed by atoms with van der Waals surface area (Å²) in [4.78, 5) is 1.26. The summed E-state index contributed by atoms with van der Waals surface area (Å²) in [5.41, 5.74) is 1.28. The zero-order chi connectivity index (χ0) is 13.7. The second-order valence-electron chi connectivity index (χ2n) is 4.32. The van der Waals surface area contributed by atoms with Crippen molar-refractivity contribution in [1.29, 1.82) is 0 Å². The van der Waals surface area contributed by atoms with Gasteiger partial charge in [0.1, 0.15) is 5.75 Å². The first-order chi connectivity index (χ1) is 9.22. The molecule has 1 N–H and O–H groups in total. The van der Waals surface area contributed by atoms with E-state index in [0.29, 0.717) is 6.04 Å². The van der Waals surface area contributed by atoms with Crippen LogP contribution in [-0.2, 0) is 6.54 Å². The Bertz CT molecular complexity index is 509. The molecule has 1 heterocycles. The molecule has 2 nitrogen and oxygen atoms in total. The zero-order valence-electron chi connectivity index (χ0n) is 11.2. The van der Waals surface area contributed by atoms with Crippen LogP contribution < -0.4 is 10.1 Å². The van der Waals surface area contributed by atoms with Crippen LogP contribution in [0.15, 0.2) is 36.4 Å². The van der Waals surface area contributed by atoms with Crippen molar-refractivity contribution in [2.24, 2.45) is 0 Å². The molecule has 0 saturated heterocycles. The van der Waals surface area contributed by atoms with Crippen LogP contribution >= 0.6 is 22.9 Å². The molecule has 0 fully saturated rings. The summed E-state index contributed by atoms with van der Waals surface area (Å²) in [5, 5.41) is 3.56. The fourth-order valence-electron chi connectivity index (χ4n) is 2.00. The molecule has 1 unspecified atom stereocenters. The topological polar surface area (TPSA) is 21.3 Å². The van der Waals surface area contributed by atoms with Crippen LogP contribution in [0.4, 0.5) is 0 Å². The molecule has 2 aromatic rings. The highest BCUT2D eigenvalue weighted by Gasteiger charge is 2.09. The monoisotopic (exact) mass is 295 g/mol. The van der Waals surface area contributed by atoms with Crippen LogP contribution in [0, 0.1) is 0 Å². The van der Waals surface area contributed by atoms with Gasteiger partial charge < -0.3 is 10.1 Å². The van der Waals surface area contributed by atoms with Gasteiger partial charge in [-0.15, -0.1) is 11.3 Å². The number of hydrogen-bond donors (Lipinski definition) is 1. The Hall–Kier alpha value is -1.03. The summed E-state index contributed by atoms with van der Waals surface area (Å²) >= 11 is 7.56. The van der Waals surface area contributed by atoms with E-state index in [9.17, 15) is 0 Å². The highest BCUT2D eigenvalue weighted by Crippen LogP contribution is 2.24. The minimum absolute atomic E-state index is 0.354. The molecule has 102 valence electrons. The van der Waals surface area contributed by atoms with Crippen LogP contribution in [0.3, 0.4) is 0 Å². The van der Waals surface area contributed by atoms with E-state index in [0.717, 1.165) is 23.1 Å². The van der Waals surface area contributed by atoms with Crippen LogP contribution in [0.1, 0.15) is 29.8 Å². The van der Waals surface area contributed by atoms with Gasteiger partial charge >= 0.3 is 0 Å². The van der Waals surface area contributed by atoms with Crippen LogP contribution in [0.25, 0.3) is 0 Å². The number of nitrogens with one attached hydrogen (secondary N) is 1. The van der Waals surface area contributed by atoms with E-state index in [1.807, 2.05) is 18.2 Å². The molecule has 0 aliphatic heterocycles. The molecule has 1 aromatic carbocycles. The molecule has 0 bridgehead atoms. The molecule has 0 radical (unpaired) electrons. The first kappa shape index (κ1) is 14.4. The SMILES string of the molecule is CCC(NCc1ccc(Cl)s1)c1ccc(OC)cc1. The number of ether oxygens (including phenoxy) is 1. The molecule has 0 saturated carbocycles. The van der Waals surface area contributed by atoms with Crippen molar-refractivity contribution in [3.05, 3.63) is 51.2 Å². The van der Waals surface area contributed by atoms with E-state index < -0.39 is 0 Å². The minimum atomic E-state index is 0.354. The second kappa shape index (κ2) is 6.94. The number of halogens is 1. The molecule has 1 atom stereocenters. The number of benzene rings is 1. The number of thiophene rings is 1. The Morgan fingerprint density at radius 1 is 1.21 bits per heavy atom. The average Bonchev–Trinajstić information content (AvgIpc) is 2.86. The van der Waals surface area contributed by atoms with Crippen molar-refractivity contribution >= 4 is 22.9 Å². The van der Waals surface area contributed by atoms with Crippen molar-refractivity contribution < 1.29 is 4.74 Å². The molecular formula is C15H18ClNOS. The molecular weight excluding hydrogens is 278 g/mol. The van der Waals surface area contributed by atoms with Crippen molar-refractivity contribution in [2.75, 3.05) is 7.11 Å². The predicted molar refractivity (Wildman–Crippen MR) is 82.2 cm³/mol. The third kappa shape index (κ3) is 3.96. The molecule has 2 rings (SSSR count). The van der Waals surface area contributed by atoms with Crippen LogP contribution in [0.2, 0.25) is 4.34 Å². The van der Waals surface area contributed by atoms with Crippen LogP contribution in [0.5, 0.6) is 5.75 Å². The van der Waals surface area contributed by atoms with Gasteiger partial charge in [0.15, 0.2) is 0 Å². The first-order valence-corrected chi connectivity index (χ1v) is 7.54. The third-order valence-corrected chi connectivity index (χ3v) is 4.31. The largest absolute Gasteiger partial charge is 0.497 e. The Labute approximate surface area is 123 Å². The lowest BCUT2D eigenvalue weighted by Crippen LogP contribution is -2.19. The van der Waals surface area contributed by atoms with Crippen molar-refractivity contribution in [1.82, 2.24) is 5.32 Å². The highest BCUT2D eigenvalue weighted by atomic mass is 35.5. The predicted octanol–water partition coefficient (Wildman–Crippen LogP) is 4.65. The van der Waals surface area contributed by atoms with E-state index in [2.05, 4.69) is 30.4 Å². The van der Waals surface area contributed by atoms with Gasteiger partial charge in [0, 0.05) is 17.5 Å². The van der Waals surface area contributed by atoms with Gasteiger partial charge in [0.05, 0.1) is 11.4 Å². The quantitative estimate of drug-likeness (QED) is 0.837. The Morgan fingerprint density at radius 2 is 1.95 bits per heavy atom. The van der Waals surface area contributed by atoms with Gasteiger partial charge in [-0.1, -0.05) is 30.7 Å². The fraction of sp³-hybridized carbons (Fsp3) is 0.333. The minimum Gasteiger partial charge on any atom is -0.497 e. The summed E-state index contributed by atoms with van der Waals surface area (Å²) in [6, 6.07) is 12.6. The van der Waals surface area contributed by atoms with Crippen LogP contribution in [-0.4, -0.2) is 7.11 Å². The number of hydrogen-bond acceptors (Lipinski definition) is 3. The van der Waals surface area contributed by atoms with E-state index in [4.69, 9.17) is 16.3 Å². The Balaban J connectivity index is 1.98. The molecule has 0 aliphatic carbocycles. The van der Waals surface area contributed by atoms with E-state index in [-0.39, 0.29) is 0 Å². The van der Waals surface area contributed by atoms with Gasteiger partial charge in [-0.25, -0.2) is 0 Å². The first-order valence-electron chi connectivity index (χ1n) is 6.34. The smallest absolute Gasteiger partial charge is 0.118 e. The molecule has 0 spiro atoms. The normalized spacial score (nSPS) is 12.4. The zero-order valence-corrected chi connectivity index (χ0v) is 12.7. The lowest BCUT2D eigenvalue weighted by atomic mass is 10.0. The lowest BCUT2D eigenvalue weighted by Gasteiger charge is -2.17. The highest BCUT2D eigenvalue weighted by molar-refractivity contribution is 7.16. The molecule has 1 aromatic heterocycles. The van der Waals surface area contributed by atoms with Gasteiger partial charge in [0.2, 0.25) is 0 Å². The molecule has 4 heteroatoms. The van der Waals surface area contributed by atoms with Gasteiger partial charge in [-0.3, -0.25) is 0 Å². The number of rotatable bonds is 6. The maximum atomic E-state index is 5.94.